The Kier molecular flexibility index (Phi) is 2.99. The Balaban J connectivity index is 2.31. The van der Waals surface area contributed by atoms with Crippen LogP contribution in [0.2, 0.25) is 0 Å². The van der Waals surface area contributed by atoms with Crippen LogP contribution in [0.5, 0.6) is 11.6 Å². The highest BCUT2D eigenvalue weighted by molar-refractivity contribution is 5.39. The molecule has 0 saturated heterocycles. The molecule has 0 fully saturated rings. The second-order valence-electron chi connectivity index (χ2n) is 3.84. The predicted molar refractivity (Wildman–Crippen MR) is 66.5 cm³/mol. The van der Waals surface area contributed by atoms with E-state index >= 15 is 0 Å². The van der Waals surface area contributed by atoms with Crippen molar-refractivity contribution in [3.05, 3.63) is 29.6 Å². The molecule has 0 bridgehead atoms. The fourth-order valence-corrected chi connectivity index (χ4v) is 1.62. The minimum atomic E-state index is 0.566. The van der Waals surface area contributed by atoms with E-state index in [1.807, 2.05) is 46.1 Å². The van der Waals surface area contributed by atoms with E-state index in [-0.39, 0.29) is 0 Å². The molecular formula is C12H16N4O. The third-order valence-corrected chi connectivity index (χ3v) is 2.63. The van der Waals surface area contributed by atoms with Crippen LogP contribution in [0.25, 0.3) is 0 Å². The fraction of sp³-hybridized carbons (Fsp3) is 0.333. The van der Waals surface area contributed by atoms with Gasteiger partial charge in [-0.15, -0.1) is 0 Å². The summed E-state index contributed by atoms with van der Waals surface area (Å²) in [4.78, 5) is 4.31. The Hall–Kier alpha value is -2.04. The first-order valence-corrected chi connectivity index (χ1v) is 5.44. The van der Waals surface area contributed by atoms with Crippen molar-refractivity contribution in [3.63, 3.8) is 0 Å². The molecule has 0 aliphatic carbocycles. The lowest BCUT2D eigenvalue weighted by Gasteiger charge is -2.06. The van der Waals surface area contributed by atoms with Crippen LogP contribution in [-0.4, -0.2) is 21.8 Å². The summed E-state index contributed by atoms with van der Waals surface area (Å²) in [7, 11) is 3.72. The monoisotopic (exact) mass is 232 g/mol. The second kappa shape index (κ2) is 4.45. The minimum Gasteiger partial charge on any atom is -0.435 e. The first kappa shape index (κ1) is 11.4. The molecule has 17 heavy (non-hydrogen) atoms. The van der Waals surface area contributed by atoms with Crippen LogP contribution in [0.3, 0.4) is 0 Å². The summed E-state index contributed by atoms with van der Waals surface area (Å²) in [5, 5.41) is 7.27. The second-order valence-corrected chi connectivity index (χ2v) is 3.84. The zero-order valence-electron chi connectivity index (χ0n) is 10.5. The maximum atomic E-state index is 5.77. The number of aromatic nitrogens is 3. The van der Waals surface area contributed by atoms with Gasteiger partial charge in [-0.05, 0) is 19.9 Å². The summed E-state index contributed by atoms with van der Waals surface area (Å²) < 4.78 is 7.57. The number of nitrogens with zero attached hydrogens (tertiary/aromatic N) is 3. The zero-order valence-corrected chi connectivity index (χ0v) is 10.5. The highest BCUT2D eigenvalue weighted by Gasteiger charge is 2.12. The van der Waals surface area contributed by atoms with Crippen molar-refractivity contribution < 1.29 is 4.74 Å². The summed E-state index contributed by atoms with van der Waals surface area (Å²) in [5.74, 6) is 2.12. The molecule has 2 aromatic rings. The Morgan fingerprint density at radius 3 is 2.65 bits per heavy atom. The van der Waals surface area contributed by atoms with Crippen molar-refractivity contribution in [2.24, 2.45) is 7.05 Å². The number of pyridine rings is 1. The maximum Gasteiger partial charge on any atom is 0.221 e. The van der Waals surface area contributed by atoms with E-state index in [2.05, 4.69) is 15.4 Å². The van der Waals surface area contributed by atoms with E-state index in [0.717, 1.165) is 23.0 Å². The van der Waals surface area contributed by atoms with Gasteiger partial charge >= 0.3 is 0 Å². The van der Waals surface area contributed by atoms with Crippen molar-refractivity contribution >= 4 is 5.82 Å². The van der Waals surface area contributed by atoms with Gasteiger partial charge in [0.1, 0.15) is 11.5 Å². The fourth-order valence-electron chi connectivity index (χ4n) is 1.62. The Labute approximate surface area is 100 Å². The van der Waals surface area contributed by atoms with E-state index in [1.54, 1.807) is 4.68 Å². The Bertz CT molecular complexity index is 533. The van der Waals surface area contributed by atoms with Gasteiger partial charge in [-0.2, -0.15) is 10.1 Å². The number of hydrogen-bond acceptors (Lipinski definition) is 4. The summed E-state index contributed by atoms with van der Waals surface area (Å²) in [5.41, 5.74) is 1.85. The highest BCUT2D eigenvalue weighted by Crippen LogP contribution is 2.27. The molecule has 0 aromatic carbocycles. The maximum absolute atomic E-state index is 5.77. The van der Waals surface area contributed by atoms with E-state index in [9.17, 15) is 0 Å². The molecule has 2 rings (SSSR count). The van der Waals surface area contributed by atoms with Crippen molar-refractivity contribution in [2.45, 2.75) is 13.8 Å². The summed E-state index contributed by atoms with van der Waals surface area (Å²) in [6.45, 7) is 3.89. The molecular weight excluding hydrogens is 216 g/mol. The molecule has 0 aliphatic heterocycles. The van der Waals surface area contributed by atoms with Crippen LogP contribution in [-0.2, 0) is 7.05 Å². The lowest BCUT2D eigenvalue weighted by molar-refractivity contribution is 0.456. The average molecular weight is 232 g/mol. The van der Waals surface area contributed by atoms with Gasteiger partial charge in [-0.1, -0.05) is 6.07 Å². The van der Waals surface area contributed by atoms with Gasteiger partial charge in [-0.25, -0.2) is 0 Å². The van der Waals surface area contributed by atoms with Crippen molar-refractivity contribution in [1.82, 2.24) is 14.8 Å². The van der Waals surface area contributed by atoms with Gasteiger partial charge in [0.05, 0.1) is 5.69 Å². The summed E-state index contributed by atoms with van der Waals surface area (Å²) >= 11 is 0. The summed E-state index contributed by atoms with van der Waals surface area (Å²) in [6, 6.07) is 5.61. The number of aryl methyl sites for hydroxylation is 2. The smallest absolute Gasteiger partial charge is 0.221 e. The standard InChI is InChI=1S/C12H16N4O/c1-8-12(9(2)16(4)15-8)17-11-7-5-6-10(13-3)14-11/h5-7H,1-4H3,(H,13,14). The molecule has 5 nitrogen and oxygen atoms in total. The third kappa shape index (κ3) is 2.22. The minimum absolute atomic E-state index is 0.566. The molecule has 2 aromatic heterocycles. The van der Waals surface area contributed by atoms with Crippen LogP contribution in [0.4, 0.5) is 5.82 Å². The van der Waals surface area contributed by atoms with Crippen molar-refractivity contribution in [3.8, 4) is 11.6 Å². The number of rotatable bonds is 3. The van der Waals surface area contributed by atoms with Gasteiger partial charge in [0, 0.05) is 20.2 Å². The van der Waals surface area contributed by atoms with Crippen molar-refractivity contribution in [2.75, 3.05) is 12.4 Å². The normalized spacial score (nSPS) is 10.4. The number of anilines is 1. The van der Waals surface area contributed by atoms with E-state index in [4.69, 9.17) is 4.74 Å². The highest BCUT2D eigenvalue weighted by atomic mass is 16.5. The van der Waals surface area contributed by atoms with E-state index in [1.165, 1.54) is 0 Å². The molecule has 0 unspecified atom stereocenters. The van der Waals surface area contributed by atoms with E-state index in [0.29, 0.717) is 5.88 Å². The van der Waals surface area contributed by atoms with E-state index < -0.39 is 0 Å². The first-order chi connectivity index (χ1) is 8.11. The molecule has 1 N–H and O–H groups in total. The number of ether oxygens (including phenoxy) is 1. The van der Waals surface area contributed by atoms with Gasteiger partial charge in [0.25, 0.3) is 0 Å². The largest absolute Gasteiger partial charge is 0.435 e. The number of nitrogens with one attached hydrogen (secondary N) is 1. The van der Waals surface area contributed by atoms with Crippen molar-refractivity contribution in [1.29, 1.82) is 0 Å². The van der Waals surface area contributed by atoms with Gasteiger partial charge in [0.2, 0.25) is 5.88 Å². The Morgan fingerprint density at radius 1 is 1.29 bits per heavy atom. The predicted octanol–water partition coefficient (Wildman–Crippen LogP) is 2.27. The topological polar surface area (TPSA) is 52.0 Å². The average Bonchev–Trinajstić information content (AvgIpc) is 2.56. The molecule has 0 amide bonds. The Morgan fingerprint density at radius 2 is 2.06 bits per heavy atom. The lowest BCUT2D eigenvalue weighted by atomic mass is 10.3. The van der Waals surface area contributed by atoms with Gasteiger partial charge in [0.15, 0.2) is 5.75 Å². The molecule has 0 spiro atoms. The van der Waals surface area contributed by atoms with Crippen LogP contribution >= 0.6 is 0 Å². The molecule has 2 heterocycles. The lowest BCUT2D eigenvalue weighted by Crippen LogP contribution is -1.96. The molecule has 0 atom stereocenters. The molecule has 5 heteroatoms. The third-order valence-electron chi connectivity index (χ3n) is 2.63. The SMILES string of the molecule is CNc1cccc(Oc2c(C)nn(C)c2C)n1. The van der Waals surface area contributed by atoms with Gasteiger partial charge < -0.3 is 10.1 Å². The molecule has 0 aliphatic rings. The first-order valence-electron chi connectivity index (χ1n) is 5.44. The zero-order chi connectivity index (χ0) is 12.4. The summed E-state index contributed by atoms with van der Waals surface area (Å²) in [6.07, 6.45) is 0. The molecule has 90 valence electrons. The van der Waals surface area contributed by atoms with Gasteiger partial charge in [-0.3, -0.25) is 4.68 Å². The van der Waals surface area contributed by atoms with Crippen LogP contribution in [0.15, 0.2) is 18.2 Å². The van der Waals surface area contributed by atoms with Crippen LogP contribution < -0.4 is 10.1 Å². The van der Waals surface area contributed by atoms with Crippen LogP contribution in [0, 0.1) is 13.8 Å². The molecule has 0 radical (unpaired) electrons. The van der Waals surface area contributed by atoms with Crippen LogP contribution in [0.1, 0.15) is 11.4 Å². The quantitative estimate of drug-likeness (QED) is 0.882. The number of hydrogen-bond donors (Lipinski definition) is 1. The molecule has 0 saturated carbocycles.